The van der Waals surface area contributed by atoms with Gasteiger partial charge in [-0.15, -0.1) is 0 Å². The molecule has 0 saturated carbocycles. The normalized spacial score (nSPS) is 13.3. The van der Waals surface area contributed by atoms with Crippen LogP contribution in [0.3, 0.4) is 0 Å². The van der Waals surface area contributed by atoms with Crippen LogP contribution in [0.5, 0.6) is 11.5 Å². The molecular weight excluding hydrogens is 266 g/mol. The van der Waals surface area contributed by atoms with E-state index in [0.717, 1.165) is 5.56 Å². The Kier molecular flexibility index (Phi) is 4.29. The second kappa shape index (κ2) is 5.97. The number of methoxy groups -OCH3 is 2. The van der Waals surface area contributed by atoms with Crippen LogP contribution < -0.4 is 15.2 Å². The maximum Gasteiger partial charge on any atom is 0.190 e. The number of hydrogen-bond acceptors (Lipinski definition) is 4. The predicted molar refractivity (Wildman–Crippen MR) is 81.9 cm³/mol. The largest absolute Gasteiger partial charge is 0.497 e. The molecule has 0 spiro atoms. The lowest BCUT2D eigenvalue weighted by Gasteiger charge is -2.24. The molecule has 0 amide bonds. The molecule has 2 aromatic carbocycles. The summed E-state index contributed by atoms with van der Waals surface area (Å²) in [5.74, 6) is 0.877. The lowest BCUT2D eigenvalue weighted by molar-refractivity contribution is 0.0896. The van der Waals surface area contributed by atoms with Gasteiger partial charge in [0, 0.05) is 6.07 Å². The zero-order valence-corrected chi connectivity index (χ0v) is 12.4. The van der Waals surface area contributed by atoms with Crippen molar-refractivity contribution < 1.29 is 14.3 Å². The number of rotatable bonds is 5. The summed E-state index contributed by atoms with van der Waals surface area (Å²) in [5.41, 5.74) is 6.34. The molecule has 0 heterocycles. The first-order valence-corrected chi connectivity index (χ1v) is 6.62. The summed E-state index contributed by atoms with van der Waals surface area (Å²) in [6, 6.07) is 14.4. The van der Waals surface area contributed by atoms with Crippen LogP contribution in [0.2, 0.25) is 0 Å². The smallest absolute Gasteiger partial charge is 0.190 e. The van der Waals surface area contributed by atoms with Crippen molar-refractivity contribution in [1.29, 1.82) is 0 Å². The molecule has 0 bridgehead atoms. The molecule has 1 atom stereocenters. The summed E-state index contributed by atoms with van der Waals surface area (Å²) in [6.45, 7) is 1.70. The first-order chi connectivity index (χ1) is 10.0. The van der Waals surface area contributed by atoms with Gasteiger partial charge in [0.15, 0.2) is 5.78 Å². The monoisotopic (exact) mass is 285 g/mol. The second-order valence-corrected chi connectivity index (χ2v) is 4.96. The highest BCUT2D eigenvalue weighted by Gasteiger charge is 2.33. The summed E-state index contributed by atoms with van der Waals surface area (Å²) in [4.78, 5) is 12.8. The van der Waals surface area contributed by atoms with Gasteiger partial charge in [0.1, 0.15) is 17.0 Å². The molecule has 110 valence electrons. The number of Topliss-reactive ketones (excluding diaryl/α,β-unsaturated/α-hetero) is 1. The van der Waals surface area contributed by atoms with E-state index in [1.807, 2.05) is 30.3 Å². The van der Waals surface area contributed by atoms with Crippen molar-refractivity contribution in [2.75, 3.05) is 14.2 Å². The van der Waals surface area contributed by atoms with Crippen LogP contribution in [-0.2, 0) is 5.54 Å². The van der Waals surface area contributed by atoms with Gasteiger partial charge in [-0.2, -0.15) is 0 Å². The average Bonchev–Trinajstić information content (AvgIpc) is 2.54. The van der Waals surface area contributed by atoms with Crippen LogP contribution >= 0.6 is 0 Å². The minimum absolute atomic E-state index is 0.201. The molecule has 0 saturated heterocycles. The van der Waals surface area contributed by atoms with Crippen molar-refractivity contribution in [3.05, 3.63) is 59.7 Å². The van der Waals surface area contributed by atoms with E-state index in [9.17, 15) is 4.79 Å². The van der Waals surface area contributed by atoms with Crippen molar-refractivity contribution in [3.8, 4) is 11.5 Å². The van der Waals surface area contributed by atoms with E-state index in [0.29, 0.717) is 17.1 Å². The highest BCUT2D eigenvalue weighted by atomic mass is 16.5. The van der Waals surface area contributed by atoms with Crippen molar-refractivity contribution >= 4 is 5.78 Å². The number of carbonyl (C=O) groups is 1. The first kappa shape index (κ1) is 15.1. The van der Waals surface area contributed by atoms with Crippen LogP contribution in [0.4, 0.5) is 0 Å². The Morgan fingerprint density at radius 1 is 1.05 bits per heavy atom. The fourth-order valence-electron chi connectivity index (χ4n) is 2.18. The number of hydrogen-bond donors (Lipinski definition) is 1. The van der Waals surface area contributed by atoms with Crippen LogP contribution in [0.25, 0.3) is 0 Å². The molecule has 0 radical (unpaired) electrons. The first-order valence-electron chi connectivity index (χ1n) is 6.62. The SMILES string of the molecule is COc1ccc(C(=O)C(C)(N)c2ccccc2)c(OC)c1. The van der Waals surface area contributed by atoms with Gasteiger partial charge in [-0.1, -0.05) is 30.3 Å². The fraction of sp³-hybridized carbons (Fsp3) is 0.235. The Morgan fingerprint density at radius 3 is 2.29 bits per heavy atom. The summed E-state index contributed by atoms with van der Waals surface area (Å²) >= 11 is 0. The average molecular weight is 285 g/mol. The van der Waals surface area contributed by atoms with Gasteiger partial charge in [0.2, 0.25) is 0 Å². The van der Waals surface area contributed by atoms with Gasteiger partial charge in [-0.25, -0.2) is 0 Å². The highest BCUT2D eigenvalue weighted by molar-refractivity contribution is 6.05. The molecule has 4 heteroatoms. The Morgan fingerprint density at radius 2 is 1.71 bits per heavy atom. The summed E-state index contributed by atoms with van der Waals surface area (Å²) < 4.78 is 10.4. The maximum absolute atomic E-state index is 12.8. The Bertz CT molecular complexity index is 636. The maximum atomic E-state index is 12.8. The van der Waals surface area contributed by atoms with Gasteiger partial charge >= 0.3 is 0 Å². The lowest BCUT2D eigenvalue weighted by Crippen LogP contribution is -2.42. The summed E-state index contributed by atoms with van der Waals surface area (Å²) in [6.07, 6.45) is 0. The van der Waals surface area contributed by atoms with Gasteiger partial charge in [0.05, 0.1) is 19.8 Å². The van der Waals surface area contributed by atoms with E-state index in [1.54, 1.807) is 32.2 Å². The van der Waals surface area contributed by atoms with Gasteiger partial charge in [-0.3, -0.25) is 4.79 Å². The third-order valence-corrected chi connectivity index (χ3v) is 3.50. The van der Waals surface area contributed by atoms with E-state index in [1.165, 1.54) is 7.11 Å². The quantitative estimate of drug-likeness (QED) is 0.858. The van der Waals surface area contributed by atoms with Crippen LogP contribution in [-0.4, -0.2) is 20.0 Å². The van der Waals surface area contributed by atoms with Crippen molar-refractivity contribution in [2.45, 2.75) is 12.5 Å². The Labute approximate surface area is 124 Å². The molecule has 0 aromatic heterocycles. The fourth-order valence-corrected chi connectivity index (χ4v) is 2.18. The minimum Gasteiger partial charge on any atom is -0.497 e. The summed E-state index contributed by atoms with van der Waals surface area (Å²) in [7, 11) is 3.08. The number of nitrogens with two attached hydrogens (primary N) is 1. The summed E-state index contributed by atoms with van der Waals surface area (Å²) in [5, 5.41) is 0. The predicted octanol–water partition coefficient (Wildman–Crippen LogP) is 2.76. The number of benzene rings is 2. The standard InChI is InChI=1S/C17H19NO3/c1-17(18,12-7-5-4-6-8-12)16(19)14-10-9-13(20-2)11-15(14)21-3/h4-11H,18H2,1-3H3. The topological polar surface area (TPSA) is 61.5 Å². The van der Waals surface area contributed by atoms with E-state index >= 15 is 0 Å². The number of carbonyl (C=O) groups excluding carboxylic acids is 1. The van der Waals surface area contributed by atoms with E-state index < -0.39 is 5.54 Å². The van der Waals surface area contributed by atoms with E-state index in [-0.39, 0.29) is 5.78 Å². The lowest BCUT2D eigenvalue weighted by atomic mass is 9.85. The molecule has 0 fully saturated rings. The van der Waals surface area contributed by atoms with Crippen LogP contribution in [0.15, 0.2) is 48.5 Å². The highest BCUT2D eigenvalue weighted by Crippen LogP contribution is 2.30. The van der Waals surface area contributed by atoms with Crippen molar-refractivity contribution in [2.24, 2.45) is 5.73 Å². The molecule has 4 nitrogen and oxygen atoms in total. The number of ether oxygens (including phenoxy) is 2. The molecule has 21 heavy (non-hydrogen) atoms. The van der Waals surface area contributed by atoms with Crippen LogP contribution in [0, 0.1) is 0 Å². The zero-order chi connectivity index (χ0) is 15.5. The molecule has 2 aromatic rings. The van der Waals surface area contributed by atoms with Gasteiger partial charge in [0.25, 0.3) is 0 Å². The molecule has 0 aliphatic heterocycles. The molecule has 1 unspecified atom stereocenters. The Hall–Kier alpha value is -2.33. The minimum atomic E-state index is -1.12. The third-order valence-electron chi connectivity index (χ3n) is 3.50. The zero-order valence-electron chi connectivity index (χ0n) is 12.4. The molecule has 2 rings (SSSR count). The van der Waals surface area contributed by atoms with E-state index in [2.05, 4.69) is 0 Å². The molecule has 0 aliphatic rings. The van der Waals surface area contributed by atoms with Crippen molar-refractivity contribution in [3.63, 3.8) is 0 Å². The van der Waals surface area contributed by atoms with Crippen LogP contribution in [0.1, 0.15) is 22.8 Å². The second-order valence-electron chi connectivity index (χ2n) is 4.96. The van der Waals surface area contributed by atoms with Gasteiger partial charge < -0.3 is 15.2 Å². The van der Waals surface area contributed by atoms with Crippen molar-refractivity contribution in [1.82, 2.24) is 0 Å². The third kappa shape index (κ3) is 2.90. The number of ketones is 1. The molecule has 2 N–H and O–H groups in total. The molecular formula is C17H19NO3. The Balaban J connectivity index is 2.44. The molecule has 0 aliphatic carbocycles. The van der Waals surface area contributed by atoms with E-state index in [4.69, 9.17) is 15.2 Å². The van der Waals surface area contributed by atoms with Gasteiger partial charge in [-0.05, 0) is 24.6 Å².